The highest BCUT2D eigenvalue weighted by molar-refractivity contribution is 7.92. The van der Waals surface area contributed by atoms with Gasteiger partial charge in [0.15, 0.2) is 0 Å². The van der Waals surface area contributed by atoms with E-state index in [-0.39, 0.29) is 11.6 Å². The zero-order valence-electron chi connectivity index (χ0n) is 15.0. The van der Waals surface area contributed by atoms with Crippen molar-refractivity contribution in [3.8, 4) is 5.75 Å². The lowest BCUT2D eigenvalue weighted by Crippen LogP contribution is -3.12. The first-order valence-corrected chi connectivity index (χ1v) is 10.3. The number of hydrogen-bond donors (Lipinski definition) is 1. The van der Waals surface area contributed by atoms with Crippen molar-refractivity contribution in [3.05, 3.63) is 23.2 Å². The van der Waals surface area contributed by atoms with E-state index in [4.69, 9.17) is 16.3 Å². The molecule has 1 aromatic carbocycles. The number of carbonyl (C=O) groups excluding carboxylic acids is 1. The topological polar surface area (TPSA) is 71.4 Å². The van der Waals surface area contributed by atoms with Crippen LogP contribution in [0.25, 0.3) is 0 Å². The first-order valence-electron chi connectivity index (χ1n) is 8.08. The lowest BCUT2D eigenvalue weighted by Gasteiger charge is -2.35. The molecule has 1 amide bonds. The molecule has 0 aromatic heterocycles. The van der Waals surface area contributed by atoms with Crippen molar-refractivity contribution < 1.29 is 22.8 Å². The average molecular weight is 391 g/mol. The molecular formula is C16H25ClN3O4S+. The van der Waals surface area contributed by atoms with Gasteiger partial charge in [0.2, 0.25) is 15.9 Å². The Kier molecular flexibility index (Phi) is 6.18. The molecule has 0 bridgehead atoms. The van der Waals surface area contributed by atoms with Gasteiger partial charge in [-0.05, 0) is 25.1 Å². The Morgan fingerprint density at radius 3 is 2.48 bits per heavy atom. The van der Waals surface area contributed by atoms with Crippen LogP contribution in [0.1, 0.15) is 6.92 Å². The first-order chi connectivity index (χ1) is 11.6. The summed E-state index contributed by atoms with van der Waals surface area (Å²) in [7, 11) is -0.197. The van der Waals surface area contributed by atoms with Crippen LogP contribution in [-0.2, 0) is 14.8 Å². The average Bonchev–Trinajstić information content (AvgIpc) is 2.54. The van der Waals surface area contributed by atoms with Gasteiger partial charge in [0.25, 0.3) is 0 Å². The maximum atomic E-state index is 12.9. The van der Waals surface area contributed by atoms with Crippen LogP contribution in [0.3, 0.4) is 0 Å². The van der Waals surface area contributed by atoms with Gasteiger partial charge in [0.1, 0.15) is 11.8 Å². The van der Waals surface area contributed by atoms with Crippen molar-refractivity contribution in [2.75, 3.05) is 50.9 Å². The number of piperazine rings is 1. The fourth-order valence-corrected chi connectivity index (χ4v) is 4.31. The monoisotopic (exact) mass is 390 g/mol. The first kappa shape index (κ1) is 19.8. The van der Waals surface area contributed by atoms with E-state index in [9.17, 15) is 13.2 Å². The van der Waals surface area contributed by atoms with Crippen LogP contribution in [-0.4, -0.2) is 71.9 Å². The van der Waals surface area contributed by atoms with E-state index < -0.39 is 16.1 Å². The summed E-state index contributed by atoms with van der Waals surface area (Å²) in [6.45, 7) is 4.50. The highest BCUT2D eigenvalue weighted by atomic mass is 35.5. The molecule has 0 unspecified atom stereocenters. The van der Waals surface area contributed by atoms with E-state index in [0.29, 0.717) is 23.9 Å². The lowest BCUT2D eigenvalue weighted by atomic mass is 10.2. The zero-order valence-corrected chi connectivity index (χ0v) is 16.5. The third-order valence-electron chi connectivity index (χ3n) is 4.37. The minimum atomic E-state index is -3.72. The molecule has 0 spiro atoms. The third kappa shape index (κ3) is 4.56. The molecule has 1 atom stereocenters. The predicted molar refractivity (Wildman–Crippen MR) is 98.0 cm³/mol. The molecule has 1 saturated heterocycles. The second-order valence-electron chi connectivity index (χ2n) is 6.33. The Labute approximate surface area is 154 Å². The summed E-state index contributed by atoms with van der Waals surface area (Å²) in [5.74, 6) is 0.122. The van der Waals surface area contributed by atoms with Gasteiger partial charge in [0, 0.05) is 5.02 Å². The van der Waals surface area contributed by atoms with Crippen molar-refractivity contribution in [1.29, 1.82) is 0 Å². The number of rotatable bonds is 5. The van der Waals surface area contributed by atoms with Crippen LogP contribution >= 0.6 is 11.6 Å². The smallest absolute Gasteiger partial charge is 0.246 e. The Hall–Kier alpha value is -1.51. The molecule has 1 aromatic rings. The molecular weight excluding hydrogens is 366 g/mol. The van der Waals surface area contributed by atoms with Gasteiger partial charge < -0.3 is 14.5 Å². The second kappa shape index (κ2) is 7.80. The lowest BCUT2D eigenvalue weighted by molar-refractivity contribution is -0.883. The number of amides is 1. The van der Waals surface area contributed by atoms with E-state index >= 15 is 0 Å². The SMILES string of the molecule is COc1ccc(Cl)cc1N([C@@H](C)C(=O)N1CC[NH+](C)CC1)S(C)(=O)=O. The molecule has 1 fully saturated rings. The number of nitrogens with zero attached hydrogens (tertiary/aromatic N) is 2. The normalized spacial score (nSPS) is 17.2. The van der Waals surface area contributed by atoms with Crippen molar-refractivity contribution in [2.45, 2.75) is 13.0 Å². The van der Waals surface area contributed by atoms with Gasteiger partial charge >= 0.3 is 0 Å². The Bertz CT molecular complexity index is 733. The maximum Gasteiger partial charge on any atom is 0.246 e. The molecule has 0 radical (unpaired) electrons. The number of carbonyl (C=O) groups is 1. The van der Waals surface area contributed by atoms with Crippen molar-refractivity contribution in [1.82, 2.24) is 4.90 Å². The quantitative estimate of drug-likeness (QED) is 0.759. The molecule has 1 heterocycles. The van der Waals surface area contributed by atoms with Crippen LogP contribution in [0.4, 0.5) is 5.69 Å². The fourth-order valence-electron chi connectivity index (χ4n) is 2.98. The number of hydrogen-bond acceptors (Lipinski definition) is 4. The van der Waals surface area contributed by atoms with Gasteiger partial charge in [-0.2, -0.15) is 0 Å². The molecule has 0 aliphatic carbocycles. The number of benzene rings is 1. The molecule has 0 saturated carbocycles. The minimum absolute atomic E-state index is 0.222. The summed E-state index contributed by atoms with van der Waals surface area (Å²) in [5.41, 5.74) is 0.262. The minimum Gasteiger partial charge on any atom is -0.495 e. The molecule has 9 heteroatoms. The molecule has 140 valence electrons. The summed E-state index contributed by atoms with van der Waals surface area (Å²) in [6.07, 6.45) is 1.07. The Balaban J connectivity index is 2.38. The predicted octanol–water partition coefficient (Wildman–Crippen LogP) is -0.140. The number of likely N-dealkylation sites (N-methyl/N-ethyl adjacent to an activating group) is 1. The second-order valence-corrected chi connectivity index (χ2v) is 8.63. The van der Waals surface area contributed by atoms with Crippen LogP contribution < -0.4 is 13.9 Å². The number of methoxy groups -OCH3 is 1. The largest absolute Gasteiger partial charge is 0.495 e. The fraction of sp³-hybridized carbons (Fsp3) is 0.562. The van der Waals surface area contributed by atoms with Gasteiger partial charge in [0.05, 0.1) is 52.3 Å². The van der Waals surface area contributed by atoms with E-state index in [1.54, 1.807) is 24.0 Å². The van der Waals surface area contributed by atoms with Crippen LogP contribution in [0, 0.1) is 0 Å². The number of halogens is 1. The van der Waals surface area contributed by atoms with Gasteiger partial charge in [-0.3, -0.25) is 9.10 Å². The highest BCUT2D eigenvalue weighted by Crippen LogP contribution is 2.34. The molecule has 25 heavy (non-hydrogen) atoms. The number of ether oxygens (including phenoxy) is 1. The van der Waals surface area contributed by atoms with Crippen LogP contribution in [0.5, 0.6) is 5.75 Å². The van der Waals surface area contributed by atoms with Crippen molar-refractivity contribution >= 4 is 33.2 Å². The van der Waals surface area contributed by atoms with Crippen molar-refractivity contribution in [2.24, 2.45) is 0 Å². The molecule has 7 nitrogen and oxygen atoms in total. The third-order valence-corrected chi connectivity index (χ3v) is 5.84. The van der Waals surface area contributed by atoms with Crippen LogP contribution in [0.15, 0.2) is 18.2 Å². The number of nitrogens with one attached hydrogen (secondary N) is 1. The van der Waals surface area contributed by atoms with Gasteiger partial charge in [-0.1, -0.05) is 11.6 Å². The van der Waals surface area contributed by atoms with Gasteiger partial charge in [-0.15, -0.1) is 0 Å². The summed E-state index contributed by atoms with van der Waals surface area (Å²) >= 11 is 6.04. The van der Waals surface area contributed by atoms with E-state index in [2.05, 4.69) is 7.05 Å². The standard InChI is InChI=1S/C16H24ClN3O4S/c1-12(16(21)19-9-7-18(2)8-10-19)20(25(4,22)23)14-11-13(17)5-6-15(14)24-3/h5-6,11-12H,7-10H2,1-4H3/p+1/t12-/m0/s1. The van der Waals surface area contributed by atoms with E-state index in [0.717, 1.165) is 23.7 Å². The molecule has 2 rings (SSSR count). The molecule has 1 N–H and O–H groups in total. The molecule has 1 aliphatic rings. The number of sulfonamides is 1. The molecule has 1 aliphatic heterocycles. The Morgan fingerprint density at radius 2 is 1.96 bits per heavy atom. The van der Waals surface area contributed by atoms with Crippen LogP contribution in [0.2, 0.25) is 5.02 Å². The van der Waals surface area contributed by atoms with Crippen molar-refractivity contribution in [3.63, 3.8) is 0 Å². The van der Waals surface area contributed by atoms with E-state index in [1.807, 2.05) is 0 Å². The number of anilines is 1. The summed E-state index contributed by atoms with van der Waals surface area (Å²) in [5, 5.41) is 0.368. The zero-order chi connectivity index (χ0) is 18.8. The summed E-state index contributed by atoms with van der Waals surface area (Å²) < 4.78 is 31.3. The summed E-state index contributed by atoms with van der Waals surface area (Å²) in [4.78, 5) is 16.0. The summed E-state index contributed by atoms with van der Waals surface area (Å²) in [6, 6.07) is 3.81. The highest BCUT2D eigenvalue weighted by Gasteiger charge is 2.35. The maximum absolute atomic E-state index is 12.9. The Morgan fingerprint density at radius 1 is 1.36 bits per heavy atom. The number of quaternary nitrogens is 1. The van der Waals surface area contributed by atoms with Gasteiger partial charge in [-0.25, -0.2) is 8.42 Å². The van der Waals surface area contributed by atoms with E-state index in [1.165, 1.54) is 18.1 Å².